The molecule has 2 heterocycles. The molecule has 1 aliphatic heterocycles. The van der Waals surface area contributed by atoms with Gasteiger partial charge in [-0.1, -0.05) is 24.3 Å². The van der Waals surface area contributed by atoms with Gasteiger partial charge in [0.25, 0.3) is 5.91 Å². The molecule has 2 aromatic rings. The zero-order valence-corrected chi connectivity index (χ0v) is 13.3. The third-order valence-corrected chi connectivity index (χ3v) is 4.34. The van der Waals surface area contributed by atoms with E-state index in [1.54, 1.807) is 6.07 Å². The van der Waals surface area contributed by atoms with Crippen LogP contribution in [0.5, 0.6) is 0 Å². The molecule has 23 heavy (non-hydrogen) atoms. The van der Waals surface area contributed by atoms with Crippen LogP contribution in [0.25, 0.3) is 0 Å². The van der Waals surface area contributed by atoms with E-state index in [2.05, 4.69) is 41.1 Å². The molecule has 0 spiro atoms. The average Bonchev–Trinajstić information content (AvgIpc) is 2.57. The van der Waals surface area contributed by atoms with Crippen molar-refractivity contribution in [2.75, 3.05) is 26.2 Å². The SMILES string of the molecule is Cc1ccccc1CN1CCN(C(=O)c2cc[nH]c(=O)c2)CC1. The minimum absolute atomic E-state index is 0.0633. The van der Waals surface area contributed by atoms with Gasteiger partial charge in [0.1, 0.15) is 0 Å². The molecule has 1 N–H and O–H groups in total. The Labute approximate surface area is 135 Å². The van der Waals surface area contributed by atoms with E-state index in [9.17, 15) is 9.59 Å². The molecule has 1 aliphatic rings. The minimum atomic E-state index is -0.242. The van der Waals surface area contributed by atoms with Gasteiger partial charge in [-0.05, 0) is 24.1 Å². The summed E-state index contributed by atoms with van der Waals surface area (Å²) in [5.41, 5.74) is 2.85. The van der Waals surface area contributed by atoms with Crippen molar-refractivity contribution in [1.29, 1.82) is 0 Å². The molecule has 1 saturated heterocycles. The first-order chi connectivity index (χ1) is 11.1. The lowest BCUT2D eigenvalue weighted by molar-refractivity contribution is 0.0628. The Kier molecular flexibility index (Phi) is 4.57. The number of carbonyl (C=O) groups is 1. The lowest BCUT2D eigenvalue weighted by Crippen LogP contribution is -2.48. The monoisotopic (exact) mass is 311 g/mol. The molecule has 0 radical (unpaired) electrons. The molecule has 0 aliphatic carbocycles. The number of carbonyl (C=O) groups excluding carboxylic acids is 1. The summed E-state index contributed by atoms with van der Waals surface area (Å²) in [5, 5.41) is 0. The van der Waals surface area contributed by atoms with E-state index in [1.807, 2.05) is 4.90 Å². The van der Waals surface area contributed by atoms with Gasteiger partial charge in [0.15, 0.2) is 0 Å². The van der Waals surface area contributed by atoms with E-state index >= 15 is 0 Å². The van der Waals surface area contributed by atoms with Gasteiger partial charge in [0.05, 0.1) is 0 Å². The molecule has 1 aromatic heterocycles. The van der Waals surface area contributed by atoms with Gasteiger partial charge in [-0.3, -0.25) is 14.5 Å². The van der Waals surface area contributed by atoms with Crippen LogP contribution in [0.4, 0.5) is 0 Å². The van der Waals surface area contributed by atoms with Crippen LogP contribution in [-0.2, 0) is 6.54 Å². The van der Waals surface area contributed by atoms with Gasteiger partial charge < -0.3 is 9.88 Å². The first-order valence-corrected chi connectivity index (χ1v) is 7.88. The Morgan fingerprint density at radius 3 is 2.57 bits per heavy atom. The highest BCUT2D eigenvalue weighted by Crippen LogP contribution is 2.13. The Hall–Kier alpha value is -2.40. The zero-order valence-electron chi connectivity index (χ0n) is 13.3. The molecule has 0 unspecified atom stereocenters. The standard InChI is InChI=1S/C18H21N3O2/c1-14-4-2-3-5-16(14)13-20-8-10-21(11-9-20)18(23)15-6-7-19-17(22)12-15/h2-7,12H,8-11,13H2,1H3,(H,19,22). The van der Waals surface area contributed by atoms with Gasteiger partial charge >= 0.3 is 0 Å². The number of piperazine rings is 1. The van der Waals surface area contributed by atoms with Crippen molar-refractivity contribution in [2.24, 2.45) is 0 Å². The summed E-state index contributed by atoms with van der Waals surface area (Å²) in [4.78, 5) is 30.5. The van der Waals surface area contributed by atoms with E-state index in [0.717, 1.165) is 19.6 Å². The summed E-state index contributed by atoms with van der Waals surface area (Å²) in [6, 6.07) is 11.4. The van der Waals surface area contributed by atoms with Crippen molar-refractivity contribution in [3.63, 3.8) is 0 Å². The smallest absolute Gasteiger partial charge is 0.254 e. The summed E-state index contributed by atoms with van der Waals surface area (Å²) in [6.45, 7) is 6.13. The first kappa shape index (κ1) is 15.5. The van der Waals surface area contributed by atoms with Crippen LogP contribution in [0.3, 0.4) is 0 Å². The highest BCUT2D eigenvalue weighted by Gasteiger charge is 2.22. The van der Waals surface area contributed by atoms with Crippen LogP contribution in [0, 0.1) is 6.92 Å². The maximum atomic E-state index is 12.4. The number of nitrogens with one attached hydrogen (secondary N) is 1. The van der Waals surface area contributed by atoms with Crippen molar-refractivity contribution >= 4 is 5.91 Å². The summed E-state index contributed by atoms with van der Waals surface area (Å²) < 4.78 is 0. The number of pyridine rings is 1. The van der Waals surface area contributed by atoms with Crippen molar-refractivity contribution in [1.82, 2.24) is 14.8 Å². The molecular formula is C18H21N3O2. The average molecular weight is 311 g/mol. The number of aryl methyl sites for hydroxylation is 1. The molecule has 1 fully saturated rings. The normalized spacial score (nSPS) is 15.6. The maximum Gasteiger partial charge on any atom is 0.254 e. The third kappa shape index (κ3) is 3.68. The second-order valence-electron chi connectivity index (χ2n) is 5.94. The summed E-state index contributed by atoms with van der Waals surface area (Å²) >= 11 is 0. The molecule has 1 aromatic carbocycles. The number of hydrogen-bond acceptors (Lipinski definition) is 3. The Balaban J connectivity index is 1.59. The predicted molar refractivity (Wildman–Crippen MR) is 89.4 cm³/mol. The predicted octanol–water partition coefficient (Wildman–Crippen LogP) is 1.64. The van der Waals surface area contributed by atoms with Crippen molar-refractivity contribution < 1.29 is 4.79 Å². The number of benzene rings is 1. The lowest BCUT2D eigenvalue weighted by Gasteiger charge is -2.35. The second kappa shape index (κ2) is 6.79. The van der Waals surface area contributed by atoms with E-state index in [-0.39, 0.29) is 11.5 Å². The Bertz CT molecular complexity index is 746. The quantitative estimate of drug-likeness (QED) is 0.937. The van der Waals surface area contributed by atoms with E-state index in [0.29, 0.717) is 18.7 Å². The van der Waals surface area contributed by atoms with Gasteiger partial charge in [-0.25, -0.2) is 0 Å². The van der Waals surface area contributed by atoms with Crippen LogP contribution >= 0.6 is 0 Å². The first-order valence-electron chi connectivity index (χ1n) is 7.88. The summed E-state index contributed by atoms with van der Waals surface area (Å²) in [6.07, 6.45) is 1.52. The second-order valence-corrected chi connectivity index (χ2v) is 5.94. The highest BCUT2D eigenvalue weighted by molar-refractivity contribution is 5.94. The number of aromatic amines is 1. The molecule has 0 atom stereocenters. The summed E-state index contributed by atoms with van der Waals surface area (Å²) in [7, 11) is 0. The van der Waals surface area contributed by atoms with Crippen LogP contribution in [0.1, 0.15) is 21.5 Å². The molecule has 1 amide bonds. The molecular weight excluding hydrogens is 290 g/mol. The fourth-order valence-electron chi connectivity index (χ4n) is 2.90. The molecule has 0 bridgehead atoms. The van der Waals surface area contributed by atoms with E-state index < -0.39 is 0 Å². The maximum absolute atomic E-state index is 12.4. The Morgan fingerprint density at radius 2 is 1.87 bits per heavy atom. The van der Waals surface area contributed by atoms with Crippen molar-refractivity contribution in [2.45, 2.75) is 13.5 Å². The van der Waals surface area contributed by atoms with Crippen molar-refractivity contribution in [3.8, 4) is 0 Å². The van der Waals surface area contributed by atoms with Gasteiger partial charge in [0, 0.05) is 50.6 Å². The zero-order chi connectivity index (χ0) is 16.2. The number of rotatable bonds is 3. The topological polar surface area (TPSA) is 56.4 Å². The van der Waals surface area contributed by atoms with Crippen molar-refractivity contribution in [3.05, 3.63) is 69.6 Å². The van der Waals surface area contributed by atoms with E-state index in [1.165, 1.54) is 23.4 Å². The largest absolute Gasteiger partial charge is 0.336 e. The number of aromatic nitrogens is 1. The molecule has 3 rings (SSSR count). The lowest BCUT2D eigenvalue weighted by atomic mass is 10.1. The number of amides is 1. The van der Waals surface area contributed by atoms with E-state index in [4.69, 9.17) is 0 Å². The number of nitrogens with zero attached hydrogens (tertiary/aromatic N) is 2. The highest BCUT2D eigenvalue weighted by atomic mass is 16.2. The molecule has 5 heteroatoms. The van der Waals surface area contributed by atoms with Crippen LogP contribution in [0.15, 0.2) is 47.4 Å². The molecule has 120 valence electrons. The Morgan fingerprint density at radius 1 is 1.13 bits per heavy atom. The molecule has 5 nitrogen and oxygen atoms in total. The summed E-state index contributed by atoms with van der Waals surface area (Å²) in [5.74, 6) is -0.0633. The van der Waals surface area contributed by atoms with Gasteiger partial charge in [0.2, 0.25) is 5.56 Å². The number of H-pyrrole nitrogens is 1. The van der Waals surface area contributed by atoms with Gasteiger partial charge in [-0.2, -0.15) is 0 Å². The number of hydrogen-bond donors (Lipinski definition) is 1. The van der Waals surface area contributed by atoms with Gasteiger partial charge in [-0.15, -0.1) is 0 Å². The fraction of sp³-hybridized carbons (Fsp3) is 0.333. The fourth-order valence-corrected chi connectivity index (χ4v) is 2.90. The van der Waals surface area contributed by atoms with Crippen LogP contribution < -0.4 is 5.56 Å². The third-order valence-electron chi connectivity index (χ3n) is 4.34. The van der Waals surface area contributed by atoms with Crippen LogP contribution in [-0.4, -0.2) is 46.9 Å². The minimum Gasteiger partial charge on any atom is -0.336 e. The van der Waals surface area contributed by atoms with Crippen LogP contribution in [0.2, 0.25) is 0 Å². The molecule has 0 saturated carbocycles.